The largest absolute Gasteiger partial charge is 0.383 e. The lowest BCUT2D eigenvalue weighted by molar-refractivity contribution is 0.161. The van der Waals surface area contributed by atoms with Crippen LogP contribution in [-0.4, -0.2) is 45.3 Å². The number of methoxy groups -OCH3 is 1. The van der Waals surface area contributed by atoms with Crippen molar-refractivity contribution in [2.45, 2.75) is 6.54 Å². The highest BCUT2D eigenvalue weighted by Crippen LogP contribution is 2.09. The van der Waals surface area contributed by atoms with E-state index in [-0.39, 0.29) is 5.82 Å². The van der Waals surface area contributed by atoms with Gasteiger partial charge in [0.1, 0.15) is 5.82 Å². The van der Waals surface area contributed by atoms with Crippen LogP contribution in [0.15, 0.2) is 18.2 Å². The van der Waals surface area contributed by atoms with E-state index in [1.165, 1.54) is 6.07 Å². The second-order valence-corrected chi connectivity index (χ2v) is 4.39. The first-order chi connectivity index (χ1) is 9.17. The van der Waals surface area contributed by atoms with E-state index in [4.69, 9.17) is 10.00 Å². The summed E-state index contributed by atoms with van der Waals surface area (Å²) in [6.07, 6.45) is 0. The number of nitriles is 1. The zero-order valence-corrected chi connectivity index (χ0v) is 11.4. The molecule has 1 N–H and O–H groups in total. The predicted molar refractivity (Wildman–Crippen MR) is 72.2 cm³/mol. The Balaban J connectivity index is 2.28. The third-order valence-electron chi connectivity index (χ3n) is 2.85. The highest BCUT2D eigenvalue weighted by molar-refractivity contribution is 5.32. The summed E-state index contributed by atoms with van der Waals surface area (Å²) in [4.78, 5) is 2.14. The van der Waals surface area contributed by atoms with Gasteiger partial charge >= 0.3 is 0 Å². The lowest BCUT2D eigenvalue weighted by Gasteiger charge is -2.16. The number of nitrogens with zero attached hydrogens (tertiary/aromatic N) is 2. The maximum absolute atomic E-state index is 13.6. The van der Waals surface area contributed by atoms with Crippen molar-refractivity contribution in [1.29, 1.82) is 5.26 Å². The molecule has 0 heterocycles. The van der Waals surface area contributed by atoms with Crippen molar-refractivity contribution in [1.82, 2.24) is 10.2 Å². The molecular weight excluding hydrogens is 245 g/mol. The molecule has 0 radical (unpaired) electrons. The summed E-state index contributed by atoms with van der Waals surface area (Å²) >= 11 is 0. The Kier molecular flexibility index (Phi) is 7.04. The van der Waals surface area contributed by atoms with E-state index in [9.17, 15) is 4.39 Å². The summed E-state index contributed by atoms with van der Waals surface area (Å²) in [6.45, 7) is 3.71. The van der Waals surface area contributed by atoms with Gasteiger partial charge in [0.05, 0.1) is 18.2 Å². The summed E-state index contributed by atoms with van der Waals surface area (Å²) in [5.74, 6) is -0.334. The Morgan fingerprint density at radius 2 is 2.21 bits per heavy atom. The molecule has 1 aromatic rings. The maximum atomic E-state index is 13.6. The van der Waals surface area contributed by atoms with Gasteiger partial charge in [0.2, 0.25) is 0 Å². The number of hydrogen-bond donors (Lipinski definition) is 1. The first-order valence-electron chi connectivity index (χ1n) is 6.24. The molecule has 0 fully saturated rings. The third kappa shape index (κ3) is 5.79. The number of hydrogen-bond acceptors (Lipinski definition) is 4. The summed E-state index contributed by atoms with van der Waals surface area (Å²) < 4.78 is 18.6. The van der Waals surface area contributed by atoms with E-state index in [1.54, 1.807) is 19.2 Å². The van der Waals surface area contributed by atoms with E-state index in [2.05, 4.69) is 10.2 Å². The molecule has 5 heteroatoms. The van der Waals surface area contributed by atoms with Crippen molar-refractivity contribution in [3.05, 3.63) is 35.1 Å². The fourth-order valence-electron chi connectivity index (χ4n) is 1.61. The van der Waals surface area contributed by atoms with Gasteiger partial charge in [0.15, 0.2) is 0 Å². The summed E-state index contributed by atoms with van der Waals surface area (Å²) in [5.41, 5.74) is 0.930. The monoisotopic (exact) mass is 265 g/mol. The molecule has 1 aromatic carbocycles. The molecule has 0 aromatic heterocycles. The molecule has 4 nitrogen and oxygen atoms in total. The molecule has 0 aliphatic rings. The molecular formula is C14H20FN3O. The van der Waals surface area contributed by atoms with Gasteiger partial charge in [-0.1, -0.05) is 6.07 Å². The molecule has 0 bridgehead atoms. The van der Waals surface area contributed by atoms with Gasteiger partial charge in [0, 0.05) is 38.9 Å². The van der Waals surface area contributed by atoms with Crippen molar-refractivity contribution >= 4 is 0 Å². The number of likely N-dealkylation sites (N-methyl/N-ethyl adjacent to an activating group) is 1. The number of nitrogens with one attached hydrogen (secondary N) is 1. The van der Waals surface area contributed by atoms with Crippen LogP contribution in [-0.2, 0) is 11.3 Å². The van der Waals surface area contributed by atoms with Crippen LogP contribution in [0, 0.1) is 17.1 Å². The molecule has 1 rings (SSSR count). The Morgan fingerprint density at radius 1 is 1.42 bits per heavy atom. The van der Waals surface area contributed by atoms with Crippen LogP contribution in [0.3, 0.4) is 0 Å². The number of rotatable bonds is 8. The van der Waals surface area contributed by atoms with Crippen LogP contribution >= 0.6 is 0 Å². The van der Waals surface area contributed by atoms with E-state index in [0.29, 0.717) is 24.3 Å². The summed E-state index contributed by atoms with van der Waals surface area (Å²) in [5, 5.41) is 11.8. The molecule has 0 unspecified atom stereocenters. The molecule has 0 atom stereocenters. The first-order valence-corrected chi connectivity index (χ1v) is 6.24. The van der Waals surface area contributed by atoms with Gasteiger partial charge in [-0.3, -0.25) is 0 Å². The fourth-order valence-corrected chi connectivity index (χ4v) is 1.61. The Bertz CT molecular complexity index is 431. The Hall–Kier alpha value is -1.48. The van der Waals surface area contributed by atoms with Crippen molar-refractivity contribution in [3.63, 3.8) is 0 Å². The van der Waals surface area contributed by atoms with Gasteiger partial charge in [-0.25, -0.2) is 4.39 Å². The van der Waals surface area contributed by atoms with Crippen molar-refractivity contribution < 1.29 is 9.13 Å². The molecule has 104 valence electrons. The van der Waals surface area contributed by atoms with E-state index < -0.39 is 0 Å². The Morgan fingerprint density at radius 3 is 2.84 bits per heavy atom. The molecule has 0 aliphatic heterocycles. The van der Waals surface area contributed by atoms with Gasteiger partial charge in [-0.05, 0) is 19.2 Å². The molecule has 0 saturated heterocycles. The molecule has 0 aliphatic carbocycles. The van der Waals surface area contributed by atoms with Gasteiger partial charge < -0.3 is 15.0 Å². The zero-order chi connectivity index (χ0) is 14.1. The van der Waals surface area contributed by atoms with Gasteiger partial charge in [-0.2, -0.15) is 5.26 Å². The minimum Gasteiger partial charge on any atom is -0.383 e. The van der Waals surface area contributed by atoms with Crippen LogP contribution in [0.1, 0.15) is 11.1 Å². The van der Waals surface area contributed by atoms with Gasteiger partial charge in [-0.15, -0.1) is 0 Å². The van der Waals surface area contributed by atoms with Crippen LogP contribution in [0.25, 0.3) is 0 Å². The van der Waals surface area contributed by atoms with E-state index in [1.807, 2.05) is 13.1 Å². The molecule has 0 spiro atoms. The quantitative estimate of drug-likeness (QED) is 0.721. The smallest absolute Gasteiger partial charge is 0.129 e. The highest BCUT2D eigenvalue weighted by Gasteiger charge is 2.03. The highest BCUT2D eigenvalue weighted by atomic mass is 19.1. The number of halogens is 1. The lowest BCUT2D eigenvalue weighted by atomic mass is 10.1. The standard InChI is InChI=1S/C14H20FN3O/c1-18(7-8-19-2)6-5-17-11-13-4-3-12(10-16)9-14(13)15/h3-4,9,17H,5-8,11H2,1-2H3. The average molecular weight is 265 g/mol. The van der Waals surface area contributed by atoms with Crippen molar-refractivity contribution in [3.8, 4) is 6.07 Å². The molecule has 19 heavy (non-hydrogen) atoms. The summed E-state index contributed by atoms with van der Waals surface area (Å²) in [7, 11) is 3.70. The van der Waals surface area contributed by atoms with Crippen molar-refractivity contribution in [2.75, 3.05) is 40.4 Å². The number of ether oxygens (including phenoxy) is 1. The summed E-state index contributed by atoms with van der Waals surface area (Å²) in [6, 6.07) is 6.46. The zero-order valence-electron chi connectivity index (χ0n) is 11.4. The lowest BCUT2D eigenvalue weighted by Crippen LogP contribution is -2.31. The van der Waals surface area contributed by atoms with Crippen LogP contribution in [0.5, 0.6) is 0 Å². The average Bonchev–Trinajstić information content (AvgIpc) is 2.42. The first kappa shape index (κ1) is 15.6. The fraction of sp³-hybridized carbons (Fsp3) is 0.500. The van der Waals surface area contributed by atoms with Crippen LogP contribution in [0.4, 0.5) is 4.39 Å². The number of benzene rings is 1. The maximum Gasteiger partial charge on any atom is 0.129 e. The van der Waals surface area contributed by atoms with Crippen molar-refractivity contribution in [2.24, 2.45) is 0 Å². The predicted octanol–water partition coefficient (Wildman–Crippen LogP) is 1.37. The minimum atomic E-state index is -0.334. The molecule has 0 saturated carbocycles. The topological polar surface area (TPSA) is 48.3 Å². The second kappa shape index (κ2) is 8.59. The minimum absolute atomic E-state index is 0.334. The third-order valence-corrected chi connectivity index (χ3v) is 2.85. The van der Waals surface area contributed by atoms with E-state index in [0.717, 1.165) is 19.6 Å². The Labute approximate surface area is 113 Å². The van der Waals surface area contributed by atoms with Crippen LogP contribution in [0.2, 0.25) is 0 Å². The van der Waals surface area contributed by atoms with Crippen LogP contribution < -0.4 is 5.32 Å². The molecule has 0 amide bonds. The normalized spacial score (nSPS) is 10.7. The SMILES string of the molecule is COCCN(C)CCNCc1ccc(C#N)cc1F. The second-order valence-electron chi connectivity index (χ2n) is 4.39. The van der Waals surface area contributed by atoms with Gasteiger partial charge in [0.25, 0.3) is 0 Å². The van der Waals surface area contributed by atoms with E-state index >= 15 is 0 Å².